The lowest BCUT2D eigenvalue weighted by Gasteiger charge is -2.27. The van der Waals surface area contributed by atoms with Crippen molar-refractivity contribution in [1.82, 2.24) is 9.88 Å². The molecule has 2 heterocycles. The maximum absolute atomic E-state index is 12.7. The standard InChI is InChI=1S/C19H16BrN3O3/c20-16-3-1-2-14-15-11-22(9-8-17(15)21-19(14)16)18(24)10-12-4-6-13(7-5-12)23(25)26/h1-7,21H,8-11H2. The van der Waals surface area contributed by atoms with Gasteiger partial charge in [-0.1, -0.05) is 24.3 Å². The van der Waals surface area contributed by atoms with Gasteiger partial charge >= 0.3 is 0 Å². The van der Waals surface area contributed by atoms with E-state index < -0.39 is 4.92 Å². The summed E-state index contributed by atoms with van der Waals surface area (Å²) in [6.07, 6.45) is 1.04. The van der Waals surface area contributed by atoms with E-state index in [0.29, 0.717) is 13.1 Å². The number of nitrogens with one attached hydrogen (secondary N) is 1. The van der Waals surface area contributed by atoms with Crippen LogP contribution < -0.4 is 0 Å². The second-order valence-electron chi connectivity index (χ2n) is 6.41. The van der Waals surface area contributed by atoms with Crippen LogP contribution in [0.5, 0.6) is 0 Å². The zero-order chi connectivity index (χ0) is 18.3. The normalized spacial score (nSPS) is 13.7. The number of non-ortho nitro benzene ring substituents is 1. The van der Waals surface area contributed by atoms with E-state index in [1.165, 1.54) is 23.4 Å². The number of aromatic amines is 1. The monoisotopic (exact) mass is 413 g/mol. The number of nitrogens with zero attached hydrogens (tertiary/aromatic N) is 2. The fourth-order valence-electron chi connectivity index (χ4n) is 3.44. The number of para-hydroxylation sites is 1. The summed E-state index contributed by atoms with van der Waals surface area (Å²) in [5.74, 6) is 0.0360. The van der Waals surface area contributed by atoms with E-state index in [2.05, 4.69) is 27.0 Å². The highest BCUT2D eigenvalue weighted by Crippen LogP contribution is 2.32. The summed E-state index contributed by atoms with van der Waals surface area (Å²) in [5.41, 5.74) is 4.25. The lowest BCUT2D eigenvalue weighted by atomic mass is 10.0. The van der Waals surface area contributed by atoms with Crippen molar-refractivity contribution in [1.29, 1.82) is 0 Å². The summed E-state index contributed by atoms with van der Waals surface area (Å²) in [7, 11) is 0. The van der Waals surface area contributed by atoms with E-state index in [0.717, 1.165) is 27.4 Å². The summed E-state index contributed by atoms with van der Waals surface area (Å²) in [4.78, 5) is 28.3. The average Bonchev–Trinajstić information content (AvgIpc) is 3.01. The van der Waals surface area contributed by atoms with Gasteiger partial charge in [-0.05, 0) is 27.6 Å². The fourth-order valence-corrected chi connectivity index (χ4v) is 3.90. The lowest BCUT2D eigenvalue weighted by molar-refractivity contribution is -0.384. The van der Waals surface area contributed by atoms with Crippen LogP contribution in [0, 0.1) is 10.1 Å². The molecule has 2 aromatic carbocycles. The third kappa shape index (κ3) is 2.99. The van der Waals surface area contributed by atoms with Gasteiger partial charge in [0.05, 0.1) is 16.9 Å². The number of nitro groups is 1. The van der Waals surface area contributed by atoms with Crippen molar-refractivity contribution in [2.45, 2.75) is 19.4 Å². The molecule has 1 amide bonds. The SMILES string of the molecule is O=C(Cc1ccc([N+](=O)[O-])cc1)N1CCc2[nH]c3c(Br)cccc3c2C1. The minimum atomic E-state index is -0.438. The molecule has 0 spiro atoms. The lowest BCUT2D eigenvalue weighted by Crippen LogP contribution is -2.36. The Morgan fingerprint density at radius 3 is 2.73 bits per heavy atom. The molecule has 1 aromatic heterocycles. The number of hydrogen-bond acceptors (Lipinski definition) is 3. The van der Waals surface area contributed by atoms with Crippen LogP contribution in [0.3, 0.4) is 0 Å². The number of carbonyl (C=O) groups excluding carboxylic acids is 1. The van der Waals surface area contributed by atoms with Gasteiger partial charge in [-0.2, -0.15) is 0 Å². The van der Waals surface area contributed by atoms with Crippen LogP contribution >= 0.6 is 15.9 Å². The predicted molar refractivity (Wildman–Crippen MR) is 102 cm³/mol. The molecule has 6 nitrogen and oxygen atoms in total. The van der Waals surface area contributed by atoms with Crippen molar-refractivity contribution < 1.29 is 9.72 Å². The highest BCUT2D eigenvalue weighted by Gasteiger charge is 2.24. The van der Waals surface area contributed by atoms with E-state index in [9.17, 15) is 14.9 Å². The summed E-state index contributed by atoms with van der Waals surface area (Å²) < 4.78 is 1.02. The molecule has 132 valence electrons. The number of carbonyl (C=O) groups is 1. The van der Waals surface area contributed by atoms with Crippen LogP contribution in [0.4, 0.5) is 5.69 Å². The summed E-state index contributed by atoms with van der Waals surface area (Å²) in [6, 6.07) is 12.2. The minimum Gasteiger partial charge on any atom is -0.357 e. The summed E-state index contributed by atoms with van der Waals surface area (Å²) in [6.45, 7) is 1.25. The molecule has 3 aromatic rings. The number of aromatic nitrogens is 1. The molecule has 1 N–H and O–H groups in total. The number of amides is 1. The number of H-pyrrole nitrogens is 1. The van der Waals surface area contributed by atoms with Crippen LogP contribution in [-0.2, 0) is 24.2 Å². The zero-order valence-electron chi connectivity index (χ0n) is 13.9. The first kappa shape index (κ1) is 16.8. The number of hydrogen-bond donors (Lipinski definition) is 1. The van der Waals surface area contributed by atoms with Crippen LogP contribution in [0.15, 0.2) is 46.9 Å². The summed E-state index contributed by atoms with van der Waals surface area (Å²) >= 11 is 3.57. The molecule has 0 radical (unpaired) electrons. The second-order valence-corrected chi connectivity index (χ2v) is 7.26. The van der Waals surface area contributed by atoms with E-state index in [4.69, 9.17) is 0 Å². The van der Waals surface area contributed by atoms with Gasteiger partial charge in [0.1, 0.15) is 0 Å². The molecular formula is C19H16BrN3O3. The number of fused-ring (bicyclic) bond motifs is 3. The molecule has 0 atom stereocenters. The Morgan fingerprint density at radius 2 is 2.00 bits per heavy atom. The Bertz CT molecular complexity index is 1010. The molecule has 7 heteroatoms. The van der Waals surface area contributed by atoms with E-state index in [1.54, 1.807) is 12.1 Å². The second kappa shape index (κ2) is 6.57. The molecule has 0 unspecified atom stereocenters. The summed E-state index contributed by atoms with van der Waals surface area (Å²) in [5, 5.41) is 11.9. The minimum absolute atomic E-state index is 0.0354. The van der Waals surface area contributed by atoms with Crippen molar-refractivity contribution >= 4 is 38.4 Å². The van der Waals surface area contributed by atoms with Gasteiger partial charge < -0.3 is 9.88 Å². The van der Waals surface area contributed by atoms with Crippen molar-refractivity contribution in [2.24, 2.45) is 0 Å². The van der Waals surface area contributed by atoms with Gasteiger partial charge in [0.15, 0.2) is 0 Å². The predicted octanol–water partition coefficient (Wildman–Crippen LogP) is 3.97. The highest BCUT2D eigenvalue weighted by atomic mass is 79.9. The van der Waals surface area contributed by atoms with E-state index in [-0.39, 0.29) is 18.0 Å². The maximum Gasteiger partial charge on any atom is 0.269 e. The van der Waals surface area contributed by atoms with Gasteiger partial charge in [0.25, 0.3) is 5.69 Å². The topological polar surface area (TPSA) is 79.2 Å². The Hall–Kier alpha value is -2.67. The number of benzene rings is 2. The molecule has 4 rings (SSSR count). The molecule has 1 aliphatic heterocycles. The van der Waals surface area contributed by atoms with Crippen molar-refractivity contribution in [3.63, 3.8) is 0 Å². The van der Waals surface area contributed by atoms with Gasteiger partial charge in [-0.15, -0.1) is 0 Å². The fraction of sp³-hybridized carbons (Fsp3) is 0.211. The van der Waals surface area contributed by atoms with Crippen LogP contribution in [0.2, 0.25) is 0 Å². The van der Waals surface area contributed by atoms with E-state index >= 15 is 0 Å². The van der Waals surface area contributed by atoms with Crippen LogP contribution in [0.25, 0.3) is 10.9 Å². The first-order valence-corrected chi connectivity index (χ1v) is 9.11. The molecule has 0 saturated heterocycles. The molecule has 0 bridgehead atoms. The van der Waals surface area contributed by atoms with E-state index in [1.807, 2.05) is 17.0 Å². The van der Waals surface area contributed by atoms with Gasteiger partial charge in [0, 0.05) is 52.8 Å². The Kier molecular flexibility index (Phi) is 4.24. The zero-order valence-corrected chi connectivity index (χ0v) is 15.5. The quantitative estimate of drug-likeness (QED) is 0.521. The largest absolute Gasteiger partial charge is 0.357 e. The van der Waals surface area contributed by atoms with Gasteiger partial charge in [-0.25, -0.2) is 0 Å². The third-order valence-corrected chi connectivity index (χ3v) is 5.48. The van der Waals surface area contributed by atoms with Crippen molar-refractivity contribution in [3.8, 4) is 0 Å². The smallest absolute Gasteiger partial charge is 0.269 e. The average molecular weight is 414 g/mol. The first-order valence-electron chi connectivity index (χ1n) is 8.32. The molecule has 26 heavy (non-hydrogen) atoms. The van der Waals surface area contributed by atoms with Crippen molar-refractivity contribution in [3.05, 3.63) is 73.9 Å². The molecule has 0 fully saturated rings. The van der Waals surface area contributed by atoms with Crippen LogP contribution in [-0.4, -0.2) is 27.3 Å². The number of halogens is 1. The highest BCUT2D eigenvalue weighted by molar-refractivity contribution is 9.10. The molecule has 0 aliphatic carbocycles. The third-order valence-electron chi connectivity index (χ3n) is 4.81. The Balaban J connectivity index is 1.53. The number of rotatable bonds is 3. The van der Waals surface area contributed by atoms with Crippen LogP contribution in [0.1, 0.15) is 16.8 Å². The first-order chi connectivity index (χ1) is 12.5. The molecular weight excluding hydrogens is 398 g/mol. The van der Waals surface area contributed by atoms with Gasteiger partial charge in [-0.3, -0.25) is 14.9 Å². The van der Waals surface area contributed by atoms with Crippen molar-refractivity contribution in [2.75, 3.05) is 6.54 Å². The van der Waals surface area contributed by atoms with Gasteiger partial charge in [0.2, 0.25) is 5.91 Å². The maximum atomic E-state index is 12.7. The molecule has 1 aliphatic rings. The number of nitro benzene ring substituents is 1. The Morgan fingerprint density at radius 1 is 1.23 bits per heavy atom. The Labute approximate surface area is 158 Å². The molecule has 0 saturated carbocycles.